The van der Waals surface area contributed by atoms with E-state index >= 15 is 0 Å². The van der Waals surface area contributed by atoms with E-state index in [-0.39, 0.29) is 21.2 Å². The number of halogens is 3. The normalized spacial score (nSPS) is 10.6. The van der Waals surface area contributed by atoms with Gasteiger partial charge in [-0.15, -0.1) is 0 Å². The summed E-state index contributed by atoms with van der Waals surface area (Å²) in [5.41, 5.74) is 0. The summed E-state index contributed by atoms with van der Waals surface area (Å²) in [4.78, 5) is 0. The van der Waals surface area contributed by atoms with Crippen molar-refractivity contribution in [2.24, 2.45) is 0 Å². The largest absolute Gasteiger partial charge is 0.381 e. The van der Waals surface area contributed by atoms with Crippen LogP contribution in [0.4, 0.5) is 0 Å². The zero-order valence-electron chi connectivity index (χ0n) is 6.26. The van der Waals surface area contributed by atoms with Crippen molar-refractivity contribution in [1.29, 1.82) is 0 Å². The zero-order valence-corrected chi connectivity index (χ0v) is 11.6. The fourth-order valence-corrected chi connectivity index (χ4v) is 7.95. The topological polar surface area (TPSA) is 0 Å². The number of hydrogen-bond acceptors (Lipinski definition) is 2. The average molecular weight is 362 g/mol. The highest BCUT2D eigenvalue weighted by Crippen LogP contribution is 2.16. The van der Waals surface area contributed by atoms with Gasteiger partial charge in [0.15, 0.2) is 0 Å². The van der Waals surface area contributed by atoms with Crippen LogP contribution < -0.4 is 21.2 Å². The van der Waals surface area contributed by atoms with Crippen LogP contribution in [0.5, 0.6) is 0 Å². The Kier molecular flexibility index (Phi) is 3.53. The molecule has 2 aromatic heterocycles. The number of thiophene rings is 2. The molecule has 0 amide bonds. The van der Waals surface area contributed by atoms with Crippen LogP contribution in [0, 0.1) is 5.77 Å². The van der Waals surface area contributed by atoms with E-state index < -0.39 is 0 Å². The third-order valence-electron chi connectivity index (χ3n) is 1.27. The molecule has 2 heterocycles. The van der Waals surface area contributed by atoms with Gasteiger partial charge in [0.05, 0.1) is 8.67 Å². The van der Waals surface area contributed by atoms with Crippen molar-refractivity contribution in [2.45, 2.75) is 0 Å². The maximum absolute atomic E-state index is 5.85. The fraction of sp³-hybridized carbons (Fsp3) is 0. The fourth-order valence-electron chi connectivity index (χ4n) is 0.778. The molecule has 0 radical (unpaired) electrons. The van der Waals surface area contributed by atoms with Crippen LogP contribution in [0.25, 0.3) is 0 Å². The van der Waals surface area contributed by atoms with Crippen molar-refractivity contribution >= 4 is 45.9 Å². The lowest BCUT2D eigenvalue weighted by molar-refractivity contribution is -0.585. The lowest BCUT2D eigenvalue weighted by atomic mass is 10.7. The Labute approximate surface area is 105 Å². The highest BCUT2D eigenvalue weighted by molar-refractivity contribution is 7.14. The summed E-state index contributed by atoms with van der Waals surface area (Å²) >= 11 is 15.0. The van der Waals surface area contributed by atoms with Crippen LogP contribution in [-0.4, -0.2) is 0 Å². The molecule has 0 aromatic carbocycles. The molecule has 68 valence electrons. The van der Waals surface area contributed by atoms with Gasteiger partial charge < -0.3 is 0 Å². The molecule has 0 aliphatic carbocycles. The molecule has 0 saturated carbocycles. The molecule has 0 fully saturated rings. The van der Waals surface area contributed by atoms with Crippen LogP contribution in [0.3, 0.4) is 0 Å². The van der Waals surface area contributed by atoms with E-state index in [0.29, 0.717) is 0 Å². The quantitative estimate of drug-likeness (QED) is 0.706. The summed E-state index contributed by atoms with van der Waals surface area (Å²) in [6.45, 7) is 0. The van der Waals surface area contributed by atoms with Crippen molar-refractivity contribution in [3.05, 3.63) is 38.7 Å². The first kappa shape index (κ1) is 10.2. The van der Waals surface area contributed by atoms with E-state index in [9.17, 15) is 0 Å². The van der Waals surface area contributed by atoms with Gasteiger partial charge in [0, 0.05) is 12.1 Å². The van der Waals surface area contributed by atoms with E-state index in [4.69, 9.17) is 23.2 Å². The third-order valence-corrected chi connectivity index (χ3v) is 7.44. The van der Waals surface area contributed by atoms with E-state index in [1.54, 1.807) is 22.7 Å². The van der Waals surface area contributed by atoms with E-state index in [2.05, 4.69) is 12.1 Å². The molecule has 0 unspecified atom stereocenters. The van der Waals surface area contributed by atoms with Gasteiger partial charge in [-0.25, -0.2) is 0 Å². The molecule has 0 bridgehead atoms. The highest BCUT2D eigenvalue weighted by Gasteiger charge is 2.19. The number of hydrogen-bond donors (Lipinski definition) is 0. The molecule has 0 atom stereocenters. The summed E-state index contributed by atoms with van der Waals surface area (Å²) in [7, 11) is 0. The average Bonchev–Trinajstić information content (AvgIpc) is 2.62. The predicted molar refractivity (Wildman–Crippen MR) is 56.1 cm³/mol. The molecule has 2 aromatic rings. The Bertz CT molecular complexity index is 369. The van der Waals surface area contributed by atoms with Gasteiger partial charge in [0.2, 0.25) is 5.77 Å². The maximum atomic E-state index is 5.85. The molecule has 0 saturated heterocycles. The molecule has 2 rings (SSSR count). The molecule has 0 nitrogen and oxygen atoms in total. The van der Waals surface area contributed by atoms with Crippen molar-refractivity contribution in [1.82, 2.24) is 0 Å². The van der Waals surface area contributed by atoms with Crippen LogP contribution in [0.15, 0.2) is 24.3 Å². The van der Waals surface area contributed by atoms with Crippen molar-refractivity contribution in [3.63, 3.8) is 0 Å². The second-order valence-corrected chi connectivity index (χ2v) is 9.94. The second kappa shape index (κ2) is 4.49. The van der Waals surface area contributed by atoms with E-state index in [1.165, 1.54) is 5.77 Å². The minimum absolute atomic E-state index is 0.0615. The minimum atomic E-state index is -0.0615. The standard InChI is InChI=1S/C8H4Cl2IS2/c9-5-1-3-7(12-5)11-8-4-2-6(10)13-8/h1-4H/q+1. The number of rotatable bonds is 2. The lowest BCUT2D eigenvalue weighted by Crippen LogP contribution is -3.61. The summed E-state index contributed by atoms with van der Waals surface area (Å²) in [5.74, 6) is 0. The van der Waals surface area contributed by atoms with Crippen LogP contribution in [0.1, 0.15) is 0 Å². The van der Waals surface area contributed by atoms with Crippen LogP contribution in [-0.2, 0) is 0 Å². The first-order chi connectivity index (χ1) is 6.24. The molecule has 0 spiro atoms. The Morgan fingerprint density at radius 2 is 1.31 bits per heavy atom. The van der Waals surface area contributed by atoms with E-state index in [1.807, 2.05) is 12.1 Å². The molecule has 5 heteroatoms. The summed E-state index contributed by atoms with van der Waals surface area (Å²) < 4.78 is 4.53. The smallest absolute Gasteiger partial charge is 0.0756 e. The van der Waals surface area contributed by atoms with Gasteiger partial charge >= 0.3 is 21.2 Å². The van der Waals surface area contributed by atoms with Gasteiger partial charge in [-0.05, 0) is 12.1 Å². The monoisotopic (exact) mass is 361 g/mol. The van der Waals surface area contributed by atoms with Crippen molar-refractivity contribution < 1.29 is 21.2 Å². The molecule has 13 heavy (non-hydrogen) atoms. The van der Waals surface area contributed by atoms with Gasteiger partial charge in [-0.3, -0.25) is 0 Å². The van der Waals surface area contributed by atoms with Gasteiger partial charge in [0.1, 0.15) is 0 Å². The first-order valence-corrected chi connectivity index (χ1v) is 7.94. The molecule has 0 N–H and O–H groups in total. The zero-order chi connectivity index (χ0) is 9.26. The predicted octanol–water partition coefficient (Wildman–Crippen LogP) is 1.24. The Hall–Kier alpha value is 0.710. The minimum Gasteiger partial charge on any atom is -0.0756 e. The van der Waals surface area contributed by atoms with E-state index in [0.717, 1.165) is 8.67 Å². The lowest BCUT2D eigenvalue weighted by Gasteiger charge is -1.71. The van der Waals surface area contributed by atoms with Gasteiger partial charge in [0.25, 0.3) is 0 Å². The second-order valence-electron chi connectivity index (χ2n) is 2.18. The summed E-state index contributed by atoms with van der Waals surface area (Å²) in [6.07, 6.45) is 0. The van der Waals surface area contributed by atoms with Crippen LogP contribution >= 0.6 is 45.9 Å². The molecule has 0 aliphatic heterocycles. The third kappa shape index (κ3) is 2.83. The molecular formula is C8H4Cl2IS2+. The Morgan fingerprint density at radius 1 is 0.846 bits per heavy atom. The van der Waals surface area contributed by atoms with Gasteiger partial charge in [-0.2, -0.15) is 0 Å². The Morgan fingerprint density at radius 3 is 1.62 bits per heavy atom. The molecular weight excluding hydrogens is 358 g/mol. The highest BCUT2D eigenvalue weighted by atomic mass is 127. The summed E-state index contributed by atoms with van der Waals surface area (Å²) in [5, 5.41) is 0. The van der Waals surface area contributed by atoms with Gasteiger partial charge in [-0.1, -0.05) is 45.9 Å². The van der Waals surface area contributed by atoms with Crippen molar-refractivity contribution in [3.8, 4) is 0 Å². The first-order valence-electron chi connectivity index (χ1n) is 3.39. The molecule has 0 aliphatic rings. The Balaban J connectivity index is 2.14. The maximum Gasteiger partial charge on any atom is 0.381 e. The van der Waals surface area contributed by atoms with Crippen molar-refractivity contribution in [2.75, 3.05) is 0 Å². The van der Waals surface area contributed by atoms with Crippen LogP contribution in [0.2, 0.25) is 8.67 Å². The summed E-state index contributed by atoms with van der Waals surface area (Å²) in [6, 6.07) is 8.12. The SMILES string of the molecule is Clc1ccc([I+]c2ccc(Cl)s2)s1.